The Morgan fingerprint density at radius 3 is 2.73 bits per heavy atom. The second-order valence-electron chi connectivity index (χ2n) is 5.92. The molecule has 2 aromatic rings. The summed E-state index contributed by atoms with van der Waals surface area (Å²) in [6.07, 6.45) is 4.56. The Hall–Kier alpha value is -2.41. The van der Waals surface area contributed by atoms with Crippen LogP contribution < -0.4 is 10.6 Å². The van der Waals surface area contributed by atoms with Gasteiger partial charge in [-0.15, -0.1) is 10.2 Å². The first-order valence-corrected chi connectivity index (χ1v) is 9.26. The molecule has 7 heteroatoms. The molecule has 0 saturated heterocycles. The Morgan fingerprint density at radius 2 is 1.96 bits per heavy atom. The minimum atomic E-state index is 0.747. The fourth-order valence-corrected chi connectivity index (χ4v) is 2.57. The fraction of sp³-hybridized carbons (Fsp3) is 0.526. The van der Waals surface area contributed by atoms with Crippen LogP contribution in [0, 0.1) is 0 Å². The third-order valence-electron chi connectivity index (χ3n) is 4.02. The van der Waals surface area contributed by atoms with Crippen LogP contribution in [0.15, 0.2) is 41.7 Å². The first-order valence-electron chi connectivity index (χ1n) is 9.26. The van der Waals surface area contributed by atoms with Gasteiger partial charge in [-0.2, -0.15) is 0 Å². The van der Waals surface area contributed by atoms with E-state index in [-0.39, 0.29) is 0 Å². The standard InChI is InChI=1S/C19H30N6O/c1-3-18-24-23-16-25(18)13-12-22-19(20-2)21-11-7-14-26-15-10-17-8-5-4-6-9-17/h4-6,8-9,16H,3,7,10-15H2,1-2H3,(H2,20,21,22). The number of ether oxygens (including phenoxy) is 1. The van der Waals surface area contributed by atoms with Crippen molar-refractivity contribution in [2.24, 2.45) is 4.99 Å². The molecule has 2 rings (SSSR count). The fourth-order valence-electron chi connectivity index (χ4n) is 2.57. The van der Waals surface area contributed by atoms with Crippen LogP contribution in [-0.4, -0.2) is 54.1 Å². The molecule has 1 aromatic heterocycles. The van der Waals surface area contributed by atoms with Crippen LogP contribution in [0.5, 0.6) is 0 Å². The van der Waals surface area contributed by atoms with E-state index < -0.39 is 0 Å². The molecular formula is C19H30N6O. The van der Waals surface area contributed by atoms with Crippen LogP contribution in [0.4, 0.5) is 0 Å². The van der Waals surface area contributed by atoms with Crippen LogP contribution in [-0.2, 0) is 24.1 Å². The van der Waals surface area contributed by atoms with Gasteiger partial charge in [0.1, 0.15) is 12.2 Å². The lowest BCUT2D eigenvalue weighted by molar-refractivity contribution is 0.135. The summed E-state index contributed by atoms with van der Waals surface area (Å²) in [5.41, 5.74) is 1.31. The first-order chi connectivity index (χ1) is 12.8. The summed E-state index contributed by atoms with van der Waals surface area (Å²) in [6, 6.07) is 10.4. The van der Waals surface area contributed by atoms with Crippen LogP contribution >= 0.6 is 0 Å². The van der Waals surface area contributed by atoms with Crippen molar-refractivity contribution >= 4 is 5.96 Å². The number of nitrogens with one attached hydrogen (secondary N) is 2. The number of aryl methyl sites for hydroxylation is 1. The summed E-state index contributed by atoms with van der Waals surface area (Å²) >= 11 is 0. The van der Waals surface area contributed by atoms with E-state index >= 15 is 0 Å². The van der Waals surface area contributed by atoms with E-state index in [2.05, 4.69) is 61.6 Å². The predicted molar refractivity (Wildman–Crippen MR) is 104 cm³/mol. The summed E-state index contributed by atoms with van der Waals surface area (Å²) < 4.78 is 7.75. The lowest BCUT2D eigenvalue weighted by Crippen LogP contribution is -2.39. The van der Waals surface area contributed by atoms with Gasteiger partial charge in [-0.05, 0) is 18.4 Å². The molecule has 0 unspecified atom stereocenters. The van der Waals surface area contributed by atoms with Crippen molar-refractivity contribution in [1.29, 1.82) is 0 Å². The largest absolute Gasteiger partial charge is 0.381 e. The van der Waals surface area contributed by atoms with Crippen molar-refractivity contribution in [3.63, 3.8) is 0 Å². The number of hydrogen-bond donors (Lipinski definition) is 2. The van der Waals surface area contributed by atoms with E-state index in [1.807, 2.05) is 6.07 Å². The summed E-state index contributed by atoms with van der Waals surface area (Å²) in [5, 5.41) is 14.6. The zero-order valence-electron chi connectivity index (χ0n) is 15.8. The third-order valence-corrected chi connectivity index (χ3v) is 4.02. The van der Waals surface area contributed by atoms with Crippen LogP contribution in [0.25, 0.3) is 0 Å². The molecule has 0 amide bonds. The van der Waals surface area contributed by atoms with Gasteiger partial charge in [0.05, 0.1) is 6.61 Å². The van der Waals surface area contributed by atoms with Crippen molar-refractivity contribution in [2.45, 2.75) is 32.7 Å². The molecule has 0 aliphatic carbocycles. The van der Waals surface area contributed by atoms with Crippen LogP contribution in [0.3, 0.4) is 0 Å². The van der Waals surface area contributed by atoms with Gasteiger partial charge >= 0.3 is 0 Å². The monoisotopic (exact) mass is 358 g/mol. The maximum Gasteiger partial charge on any atom is 0.191 e. The number of rotatable bonds is 11. The molecule has 26 heavy (non-hydrogen) atoms. The Labute approximate surface area is 155 Å². The molecule has 0 atom stereocenters. The highest BCUT2D eigenvalue weighted by Gasteiger charge is 2.02. The van der Waals surface area contributed by atoms with E-state index in [4.69, 9.17) is 4.74 Å². The Morgan fingerprint density at radius 1 is 1.15 bits per heavy atom. The van der Waals surface area contributed by atoms with E-state index in [0.29, 0.717) is 0 Å². The molecule has 0 aliphatic rings. The lowest BCUT2D eigenvalue weighted by Gasteiger charge is -2.12. The maximum absolute atomic E-state index is 5.69. The van der Waals surface area contributed by atoms with E-state index in [1.54, 1.807) is 13.4 Å². The lowest BCUT2D eigenvalue weighted by atomic mass is 10.2. The van der Waals surface area contributed by atoms with Crippen LogP contribution in [0.2, 0.25) is 0 Å². The molecule has 142 valence electrons. The molecule has 0 bridgehead atoms. The number of nitrogens with zero attached hydrogens (tertiary/aromatic N) is 4. The molecule has 0 spiro atoms. The number of aliphatic imine (C=N–C) groups is 1. The van der Waals surface area contributed by atoms with E-state index in [9.17, 15) is 0 Å². The highest BCUT2D eigenvalue weighted by atomic mass is 16.5. The molecular weight excluding hydrogens is 328 g/mol. The molecule has 0 aliphatic heterocycles. The first kappa shape index (κ1) is 19.9. The van der Waals surface area contributed by atoms with Crippen molar-refractivity contribution in [3.05, 3.63) is 48.0 Å². The van der Waals surface area contributed by atoms with Crippen LogP contribution in [0.1, 0.15) is 24.7 Å². The average molecular weight is 358 g/mol. The Kier molecular flexibility index (Phi) is 9.21. The highest BCUT2D eigenvalue weighted by molar-refractivity contribution is 5.79. The normalized spacial score (nSPS) is 11.5. The molecule has 2 N–H and O–H groups in total. The SMILES string of the molecule is CCc1nncn1CCNC(=NC)NCCCOCCc1ccccc1. The number of benzene rings is 1. The molecule has 0 fully saturated rings. The van der Waals surface area contributed by atoms with Gasteiger partial charge in [0.25, 0.3) is 0 Å². The molecule has 0 radical (unpaired) electrons. The Bertz CT molecular complexity index is 640. The van der Waals surface area contributed by atoms with E-state index in [0.717, 1.165) is 63.9 Å². The maximum atomic E-state index is 5.69. The highest BCUT2D eigenvalue weighted by Crippen LogP contribution is 1.99. The predicted octanol–water partition coefficient (Wildman–Crippen LogP) is 1.65. The van der Waals surface area contributed by atoms with Crippen molar-refractivity contribution < 1.29 is 4.74 Å². The Balaban J connectivity index is 1.50. The zero-order chi connectivity index (χ0) is 18.5. The third kappa shape index (κ3) is 7.23. The quantitative estimate of drug-likeness (QED) is 0.363. The minimum Gasteiger partial charge on any atom is -0.381 e. The number of aromatic nitrogens is 3. The van der Waals surface area contributed by atoms with Gasteiger partial charge in [0.2, 0.25) is 0 Å². The van der Waals surface area contributed by atoms with Gasteiger partial charge in [0.15, 0.2) is 5.96 Å². The van der Waals surface area contributed by atoms with Gasteiger partial charge in [0, 0.05) is 39.7 Å². The second-order valence-corrected chi connectivity index (χ2v) is 5.92. The molecule has 1 aromatic carbocycles. The van der Waals surface area contributed by atoms with Crippen molar-refractivity contribution in [1.82, 2.24) is 25.4 Å². The molecule has 0 saturated carbocycles. The summed E-state index contributed by atoms with van der Waals surface area (Å²) in [6.45, 7) is 6.01. The topological polar surface area (TPSA) is 76.4 Å². The van der Waals surface area contributed by atoms with Crippen molar-refractivity contribution in [2.75, 3.05) is 33.4 Å². The minimum absolute atomic E-state index is 0.747. The number of guanidine groups is 1. The second kappa shape index (κ2) is 12.0. The zero-order valence-corrected chi connectivity index (χ0v) is 15.8. The molecule has 7 nitrogen and oxygen atoms in total. The summed E-state index contributed by atoms with van der Waals surface area (Å²) in [7, 11) is 1.78. The summed E-state index contributed by atoms with van der Waals surface area (Å²) in [5.74, 6) is 1.81. The number of hydrogen-bond acceptors (Lipinski definition) is 4. The van der Waals surface area contributed by atoms with E-state index in [1.165, 1.54) is 5.56 Å². The van der Waals surface area contributed by atoms with Gasteiger partial charge in [-0.25, -0.2) is 0 Å². The van der Waals surface area contributed by atoms with Gasteiger partial charge in [-0.1, -0.05) is 37.3 Å². The summed E-state index contributed by atoms with van der Waals surface area (Å²) in [4.78, 5) is 4.24. The van der Waals surface area contributed by atoms with Gasteiger partial charge in [-0.3, -0.25) is 4.99 Å². The smallest absolute Gasteiger partial charge is 0.191 e. The van der Waals surface area contributed by atoms with Gasteiger partial charge < -0.3 is 19.9 Å². The molecule has 1 heterocycles. The van der Waals surface area contributed by atoms with Crippen molar-refractivity contribution in [3.8, 4) is 0 Å². The average Bonchev–Trinajstić information content (AvgIpc) is 3.14.